The fraction of sp³-hybridized carbons (Fsp3) is 0.600. The molecular formula is C20H29N. The van der Waals surface area contributed by atoms with Gasteiger partial charge in [0.25, 0.3) is 0 Å². The van der Waals surface area contributed by atoms with E-state index in [0.29, 0.717) is 11.5 Å². The summed E-state index contributed by atoms with van der Waals surface area (Å²) < 4.78 is 0. The Labute approximate surface area is 129 Å². The maximum atomic E-state index is 3.69. The van der Waals surface area contributed by atoms with Gasteiger partial charge in [0.15, 0.2) is 0 Å². The van der Waals surface area contributed by atoms with E-state index in [9.17, 15) is 0 Å². The summed E-state index contributed by atoms with van der Waals surface area (Å²) in [6.45, 7) is 0. The summed E-state index contributed by atoms with van der Waals surface area (Å²) >= 11 is 0. The molecule has 2 aliphatic rings. The molecule has 0 amide bonds. The molecule has 0 bridgehead atoms. The van der Waals surface area contributed by atoms with Gasteiger partial charge in [-0.1, -0.05) is 61.2 Å². The van der Waals surface area contributed by atoms with Gasteiger partial charge in [0, 0.05) is 11.5 Å². The molecule has 1 aromatic rings. The third kappa shape index (κ3) is 2.94. The molecule has 1 unspecified atom stereocenters. The predicted molar refractivity (Wildman–Crippen MR) is 90.6 cm³/mol. The monoisotopic (exact) mass is 283 g/mol. The van der Waals surface area contributed by atoms with Crippen LogP contribution in [0.3, 0.4) is 0 Å². The first-order valence-corrected chi connectivity index (χ1v) is 8.78. The van der Waals surface area contributed by atoms with Gasteiger partial charge in [0.1, 0.15) is 0 Å². The normalized spacial score (nSPS) is 25.9. The van der Waals surface area contributed by atoms with Crippen LogP contribution in [0.1, 0.15) is 63.4 Å². The lowest BCUT2D eigenvalue weighted by Crippen LogP contribution is -2.52. The fourth-order valence-corrected chi connectivity index (χ4v) is 4.37. The standard InChI is InChI=1S/C20H29N/c1-21-19(17-11-6-3-2-4-7-12-17)20(15-10-16-20)18-13-8-5-9-14-18/h5,8-9,11,13-14,19,21H,2-4,6-7,10,12,15-16H2,1H3/b17-11+. The molecular weight excluding hydrogens is 254 g/mol. The van der Waals surface area contributed by atoms with E-state index in [0.717, 1.165) is 0 Å². The van der Waals surface area contributed by atoms with E-state index in [4.69, 9.17) is 0 Å². The Morgan fingerprint density at radius 2 is 1.71 bits per heavy atom. The molecule has 1 heteroatoms. The van der Waals surface area contributed by atoms with Crippen molar-refractivity contribution >= 4 is 0 Å². The fourth-order valence-electron chi connectivity index (χ4n) is 4.37. The van der Waals surface area contributed by atoms with Gasteiger partial charge in [-0.25, -0.2) is 0 Å². The molecule has 2 aliphatic carbocycles. The minimum absolute atomic E-state index is 0.348. The van der Waals surface area contributed by atoms with Crippen molar-refractivity contribution in [3.8, 4) is 0 Å². The number of rotatable bonds is 4. The molecule has 0 spiro atoms. The number of benzene rings is 1. The Morgan fingerprint density at radius 3 is 2.38 bits per heavy atom. The van der Waals surface area contributed by atoms with Gasteiger partial charge >= 0.3 is 0 Å². The van der Waals surface area contributed by atoms with Gasteiger partial charge in [-0.05, 0) is 51.1 Å². The van der Waals surface area contributed by atoms with Crippen molar-refractivity contribution < 1.29 is 0 Å². The zero-order valence-corrected chi connectivity index (χ0v) is 13.4. The second-order valence-electron chi connectivity index (χ2n) is 6.83. The summed E-state index contributed by atoms with van der Waals surface area (Å²) in [5.74, 6) is 0. The quantitative estimate of drug-likeness (QED) is 0.769. The van der Waals surface area contributed by atoms with Crippen LogP contribution >= 0.6 is 0 Å². The molecule has 0 saturated heterocycles. The van der Waals surface area contributed by atoms with Gasteiger partial charge < -0.3 is 5.32 Å². The highest BCUT2D eigenvalue weighted by molar-refractivity contribution is 5.35. The zero-order valence-electron chi connectivity index (χ0n) is 13.4. The summed E-state index contributed by atoms with van der Waals surface area (Å²) in [6, 6.07) is 11.8. The Kier molecular flexibility index (Phi) is 4.80. The molecule has 21 heavy (non-hydrogen) atoms. The first-order chi connectivity index (χ1) is 10.4. The second kappa shape index (κ2) is 6.79. The van der Waals surface area contributed by atoms with Gasteiger partial charge in [0.05, 0.1) is 0 Å². The lowest BCUT2D eigenvalue weighted by molar-refractivity contribution is 0.191. The van der Waals surface area contributed by atoms with Gasteiger partial charge in [-0.3, -0.25) is 0 Å². The van der Waals surface area contributed by atoms with E-state index >= 15 is 0 Å². The van der Waals surface area contributed by atoms with E-state index in [1.54, 1.807) is 11.1 Å². The van der Waals surface area contributed by atoms with E-state index in [2.05, 4.69) is 48.8 Å². The zero-order chi connectivity index (χ0) is 14.5. The largest absolute Gasteiger partial charge is 0.313 e. The maximum Gasteiger partial charge on any atom is 0.0374 e. The number of likely N-dealkylation sites (N-methyl/N-ethyl adjacent to an activating group) is 1. The molecule has 0 aromatic heterocycles. The summed E-state index contributed by atoms with van der Waals surface area (Å²) in [5, 5.41) is 3.69. The van der Waals surface area contributed by atoms with Crippen LogP contribution in [-0.2, 0) is 5.41 Å². The molecule has 1 N–H and O–H groups in total. The third-order valence-corrected chi connectivity index (χ3v) is 5.63. The van der Waals surface area contributed by atoms with Crippen molar-refractivity contribution in [3.05, 3.63) is 47.5 Å². The van der Waals surface area contributed by atoms with E-state index in [1.807, 2.05) is 0 Å². The number of allylic oxidation sites excluding steroid dienone is 1. The van der Waals surface area contributed by atoms with Crippen LogP contribution in [0.5, 0.6) is 0 Å². The number of nitrogens with one attached hydrogen (secondary N) is 1. The van der Waals surface area contributed by atoms with Crippen LogP contribution in [0.2, 0.25) is 0 Å². The summed E-state index contributed by atoms with van der Waals surface area (Å²) in [7, 11) is 2.16. The highest BCUT2D eigenvalue weighted by Gasteiger charge is 2.45. The van der Waals surface area contributed by atoms with E-state index in [-0.39, 0.29) is 0 Å². The lowest BCUT2D eigenvalue weighted by atomic mass is 9.58. The van der Waals surface area contributed by atoms with Crippen molar-refractivity contribution in [2.45, 2.75) is 69.2 Å². The Balaban J connectivity index is 1.90. The Morgan fingerprint density at radius 1 is 0.952 bits per heavy atom. The first-order valence-electron chi connectivity index (χ1n) is 8.78. The summed E-state index contributed by atoms with van der Waals surface area (Å²) in [4.78, 5) is 0. The molecule has 0 heterocycles. The topological polar surface area (TPSA) is 12.0 Å². The van der Waals surface area contributed by atoms with Crippen molar-refractivity contribution in [3.63, 3.8) is 0 Å². The average Bonchev–Trinajstić information content (AvgIpc) is 2.44. The molecule has 1 nitrogen and oxygen atoms in total. The van der Waals surface area contributed by atoms with Gasteiger partial charge in [-0.2, -0.15) is 0 Å². The van der Waals surface area contributed by atoms with Gasteiger partial charge in [-0.15, -0.1) is 0 Å². The SMILES string of the molecule is CNC(/C1=C/CCCCCC1)C1(c2ccccc2)CCC1. The Bertz CT molecular complexity index is 470. The highest BCUT2D eigenvalue weighted by atomic mass is 14.9. The first kappa shape index (κ1) is 14.8. The highest BCUT2D eigenvalue weighted by Crippen LogP contribution is 2.49. The van der Waals surface area contributed by atoms with E-state index < -0.39 is 0 Å². The molecule has 1 saturated carbocycles. The van der Waals surface area contributed by atoms with Crippen molar-refractivity contribution in [1.29, 1.82) is 0 Å². The molecule has 0 aliphatic heterocycles. The lowest BCUT2D eigenvalue weighted by Gasteiger charge is -2.49. The van der Waals surface area contributed by atoms with Crippen LogP contribution in [0.4, 0.5) is 0 Å². The van der Waals surface area contributed by atoms with Crippen LogP contribution in [-0.4, -0.2) is 13.1 Å². The van der Waals surface area contributed by atoms with Crippen LogP contribution < -0.4 is 5.32 Å². The number of hydrogen-bond donors (Lipinski definition) is 1. The predicted octanol–water partition coefficient (Wildman–Crippen LogP) is 4.98. The molecule has 1 fully saturated rings. The smallest absolute Gasteiger partial charge is 0.0374 e. The van der Waals surface area contributed by atoms with E-state index in [1.165, 1.54) is 57.8 Å². The second-order valence-corrected chi connectivity index (χ2v) is 6.83. The van der Waals surface area contributed by atoms with Crippen molar-refractivity contribution in [2.75, 3.05) is 7.05 Å². The molecule has 114 valence electrons. The minimum Gasteiger partial charge on any atom is -0.313 e. The van der Waals surface area contributed by atoms with Crippen LogP contribution in [0.15, 0.2) is 42.0 Å². The molecule has 1 aromatic carbocycles. The minimum atomic E-state index is 0.348. The summed E-state index contributed by atoms with van der Waals surface area (Å²) in [5.41, 5.74) is 3.57. The molecule has 3 rings (SSSR count). The number of hydrogen-bond acceptors (Lipinski definition) is 1. The van der Waals surface area contributed by atoms with Crippen molar-refractivity contribution in [2.24, 2.45) is 0 Å². The molecule has 0 radical (unpaired) electrons. The maximum absolute atomic E-state index is 3.69. The van der Waals surface area contributed by atoms with Crippen molar-refractivity contribution in [1.82, 2.24) is 5.32 Å². The Hall–Kier alpha value is -1.08. The summed E-state index contributed by atoms with van der Waals surface area (Å²) in [6.07, 6.45) is 14.7. The average molecular weight is 283 g/mol. The molecule has 1 atom stereocenters. The van der Waals surface area contributed by atoms with Crippen LogP contribution in [0.25, 0.3) is 0 Å². The van der Waals surface area contributed by atoms with Gasteiger partial charge in [0.2, 0.25) is 0 Å². The third-order valence-electron chi connectivity index (χ3n) is 5.63. The van der Waals surface area contributed by atoms with Crippen LogP contribution in [0, 0.1) is 0 Å².